The molecule has 0 aliphatic heterocycles. The molecule has 2 heteroatoms. The van der Waals surface area contributed by atoms with Crippen LogP contribution < -0.4 is 5.73 Å². The molecule has 0 aliphatic carbocycles. The fourth-order valence-electron chi connectivity index (χ4n) is 1.92. The molecule has 2 aromatic carbocycles. The van der Waals surface area contributed by atoms with Crippen LogP contribution in [0.15, 0.2) is 46.2 Å². The molecule has 0 aliphatic rings. The van der Waals surface area contributed by atoms with Gasteiger partial charge in [-0.05, 0) is 55.2 Å². The summed E-state index contributed by atoms with van der Waals surface area (Å²) in [7, 11) is 0. The molecule has 0 saturated carbocycles. The second kappa shape index (κ2) is 5.59. The van der Waals surface area contributed by atoms with Gasteiger partial charge in [-0.2, -0.15) is 0 Å². The van der Waals surface area contributed by atoms with Gasteiger partial charge in [-0.1, -0.05) is 36.0 Å². The van der Waals surface area contributed by atoms with Gasteiger partial charge in [0.1, 0.15) is 0 Å². The second-order valence-electron chi connectivity index (χ2n) is 4.62. The Hall–Kier alpha value is -1.25. The van der Waals surface area contributed by atoms with Gasteiger partial charge in [-0.15, -0.1) is 0 Å². The third-order valence-electron chi connectivity index (χ3n) is 3.21. The molecular formula is C16H19NS. The van der Waals surface area contributed by atoms with Crippen molar-refractivity contribution in [3.8, 4) is 0 Å². The summed E-state index contributed by atoms with van der Waals surface area (Å²) in [6.07, 6.45) is 0. The molecule has 18 heavy (non-hydrogen) atoms. The molecule has 0 heterocycles. The van der Waals surface area contributed by atoms with E-state index in [0.717, 1.165) is 0 Å². The molecular weight excluding hydrogens is 238 g/mol. The van der Waals surface area contributed by atoms with E-state index in [-0.39, 0.29) is 0 Å². The van der Waals surface area contributed by atoms with E-state index < -0.39 is 0 Å². The summed E-state index contributed by atoms with van der Waals surface area (Å²) in [5.41, 5.74) is 11.0. The minimum absolute atomic E-state index is 0.592. The van der Waals surface area contributed by atoms with Crippen LogP contribution >= 0.6 is 11.8 Å². The molecule has 0 atom stereocenters. The van der Waals surface area contributed by atoms with Crippen molar-refractivity contribution in [2.75, 3.05) is 0 Å². The van der Waals surface area contributed by atoms with Crippen LogP contribution in [0.4, 0.5) is 0 Å². The molecule has 0 aromatic heterocycles. The molecule has 2 N–H and O–H groups in total. The van der Waals surface area contributed by atoms with Crippen molar-refractivity contribution in [1.29, 1.82) is 0 Å². The lowest BCUT2D eigenvalue weighted by Gasteiger charge is -2.11. The molecule has 2 rings (SSSR count). The summed E-state index contributed by atoms with van der Waals surface area (Å²) in [6.45, 7) is 7.03. The zero-order valence-electron chi connectivity index (χ0n) is 11.2. The molecule has 2 aromatic rings. The Balaban J connectivity index is 2.36. The highest BCUT2D eigenvalue weighted by Gasteiger charge is 2.07. The van der Waals surface area contributed by atoms with Gasteiger partial charge in [0.15, 0.2) is 0 Å². The van der Waals surface area contributed by atoms with Crippen molar-refractivity contribution >= 4 is 11.8 Å². The van der Waals surface area contributed by atoms with E-state index in [1.807, 2.05) is 11.8 Å². The Bertz CT molecular complexity index is 561. The van der Waals surface area contributed by atoms with Gasteiger partial charge in [0.05, 0.1) is 0 Å². The number of rotatable bonds is 3. The monoisotopic (exact) mass is 257 g/mol. The normalized spacial score (nSPS) is 10.7. The maximum absolute atomic E-state index is 5.81. The minimum atomic E-state index is 0.592. The number of hydrogen-bond donors (Lipinski definition) is 1. The number of aryl methyl sites for hydroxylation is 3. The highest BCUT2D eigenvalue weighted by atomic mass is 32.2. The van der Waals surface area contributed by atoms with Gasteiger partial charge in [0, 0.05) is 16.3 Å². The summed E-state index contributed by atoms with van der Waals surface area (Å²) in [4.78, 5) is 2.57. The van der Waals surface area contributed by atoms with Crippen LogP contribution in [0.3, 0.4) is 0 Å². The predicted molar refractivity (Wildman–Crippen MR) is 79.1 cm³/mol. The van der Waals surface area contributed by atoms with Gasteiger partial charge < -0.3 is 5.73 Å². The van der Waals surface area contributed by atoms with Crippen molar-refractivity contribution in [2.45, 2.75) is 37.1 Å². The van der Waals surface area contributed by atoms with Crippen LogP contribution in [0.25, 0.3) is 0 Å². The SMILES string of the molecule is Cc1ccc(Sc2c(C)cccc2CN)cc1C. The Labute approximate surface area is 113 Å². The van der Waals surface area contributed by atoms with Crippen molar-refractivity contribution in [1.82, 2.24) is 0 Å². The smallest absolute Gasteiger partial charge is 0.0196 e. The van der Waals surface area contributed by atoms with E-state index in [1.165, 1.54) is 32.0 Å². The minimum Gasteiger partial charge on any atom is -0.326 e. The van der Waals surface area contributed by atoms with Crippen molar-refractivity contribution in [3.05, 3.63) is 58.7 Å². The number of hydrogen-bond acceptors (Lipinski definition) is 2. The van der Waals surface area contributed by atoms with E-state index in [0.29, 0.717) is 6.54 Å². The van der Waals surface area contributed by atoms with Crippen LogP contribution in [-0.4, -0.2) is 0 Å². The second-order valence-corrected chi connectivity index (χ2v) is 5.70. The Morgan fingerprint density at radius 2 is 1.72 bits per heavy atom. The van der Waals surface area contributed by atoms with Crippen molar-refractivity contribution < 1.29 is 0 Å². The van der Waals surface area contributed by atoms with E-state index in [2.05, 4.69) is 57.2 Å². The third kappa shape index (κ3) is 2.77. The highest BCUT2D eigenvalue weighted by Crippen LogP contribution is 2.33. The Kier molecular flexibility index (Phi) is 4.10. The fraction of sp³-hybridized carbons (Fsp3) is 0.250. The van der Waals surface area contributed by atoms with Gasteiger partial charge in [-0.3, -0.25) is 0 Å². The summed E-state index contributed by atoms with van der Waals surface area (Å²) < 4.78 is 0. The van der Waals surface area contributed by atoms with Crippen LogP contribution in [0.1, 0.15) is 22.3 Å². The van der Waals surface area contributed by atoms with E-state index in [4.69, 9.17) is 5.73 Å². The first kappa shape index (κ1) is 13.2. The average molecular weight is 257 g/mol. The van der Waals surface area contributed by atoms with Gasteiger partial charge >= 0.3 is 0 Å². The first-order valence-electron chi connectivity index (χ1n) is 6.15. The predicted octanol–water partition coefficient (Wildman–Crippen LogP) is 4.22. The first-order valence-corrected chi connectivity index (χ1v) is 6.97. The van der Waals surface area contributed by atoms with Gasteiger partial charge in [-0.25, -0.2) is 0 Å². The van der Waals surface area contributed by atoms with E-state index in [1.54, 1.807) is 0 Å². The van der Waals surface area contributed by atoms with E-state index in [9.17, 15) is 0 Å². The Morgan fingerprint density at radius 3 is 2.39 bits per heavy atom. The fourth-order valence-corrected chi connectivity index (χ4v) is 3.03. The lowest BCUT2D eigenvalue weighted by molar-refractivity contribution is 1.01. The third-order valence-corrected chi connectivity index (χ3v) is 4.49. The van der Waals surface area contributed by atoms with Crippen molar-refractivity contribution in [3.63, 3.8) is 0 Å². The summed E-state index contributed by atoms with van der Waals surface area (Å²) in [5, 5.41) is 0. The molecule has 0 fully saturated rings. The van der Waals surface area contributed by atoms with E-state index >= 15 is 0 Å². The molecule has 0 amide bonds. The highest BCUT2D eigenvalue weighted by molar-refractivity contribution is 7.99. The molecule has 0 unspecified atom stereocenters. The lowest BCUT2D eigenvalue weighted by Crippen LogP contribution is -1.99. The zero-order chi connectivity index (χ0) is 13.1. The number of nitrogens with two attached hydrogens (primary N) is 1. The molecule has 0 radical (unpaired) electrons. The molecule has 0 spiro atoms. The summed E-state index contributed by atoms with van der Waals surface area (Å²) >= 11 is 1.81. The van der Waals surface area contributed by atoms with Crippen LogP contribution in [0.2, 0.25) is 0 Å². The largest absolute Gasteiger partial charge is 0.326 e. The maximum Gasteiger partial charge on any atom is 0.0196 e. The van der Waals surface area contributed by atoms with Crippen molar-refractivity contribution in [2.24, 2.45) is 5.73 Å². The average Bonchev–Trinajstić information content (AvgIpc) is 2.36. The summed E-state index contributed by atoms with van der Waals surface area (Å²) in [6, 6.07) is 12.9. The van der Waals surface area contributed by atoms with Crippen LogP contribution in [0, 0.1) is 20.8 Å². The summed E-state index contributed by atoms with van der Waals surface area (Å²) in [5.74, 6) is 0. The topological polar surface area (TPSA) is 26.0 Å². The molecule has 1 nitrogen and oxygen atoms in total. The maximum atomic E-state index is 5.81. The van der Waals surface area contributed by atoms with Gasteiger partial charge in [0.2, 0.25) is 0 Å². The first-order chi connectivity index (χ1) is 8.61. The molecule has 94 valence electrons. The Morgan fingerprint density at radius 1 is 0.944 bits per heavy atom. The molecule has 0 saturated heterocycles. The van der Waals surface area contributed by atoms with Gasteiger partial charge in [0.25, 0.3) is 0 Å². The standard InChI is InChI=1S/C16H19NS/c1-11-7-8-15(9-13(11)3)18-16-12(2)5-4-6-14(16)10-17/h4-9H,10,17H2,1-3H3. The lowest BCUT2D eigenvalue weighted by atomic mass is 10.1. The zero-order valence-corrected chi connectivity index (χ0v) is 12.0. The number of benzene rings is 2. The molecule has 0 bridgehead atoms. The van der Waals surface area contributed by atoms with Crippen LogP contribution in [0.5, 0.6) is 0 Å². The quantitative estimate of drug-likeness (QED) is 0.891. The van der Waals surface area contributed by atoms with Crippen LogP contribution in [-0.2, 0) is 6.54 Å².